The molecule has 3 atom stereocenters. The average Bonchev–Trinajstić information content (AvgIpc) is 3.21. The zero-order chi connectivity index (χ0) is 37.6. The van der Waals surface area contributed by atoms with Crippen LogP contribution in [0.3, 0.4) is 0 Å². The lowest BCUT2D eigenvalue weighted by molar-refractivity contribution is 0.299. The van der Waals surface area contributed by atoms with Gasteiger partial charge in [-0.1, -0.05) is 120 Å². The van der Waals surface area contributed by atoms with Gasteiger partial charge >= 0.3 is 0 Å². The molecule has 0 spiro atoms. The topological polar surface area (TPSA) is 153 Å². The zero-order valence-corrected chi connectivity index (χ0v) is 32.2. The van der Waals surface area contributed by atoms with Crippen molar-refractivity contribution in [1.29, 1.82) is 5.41 Å². The number of aryl methyl sites for hydroxylation is 1. The monoisotopic (exact) mass is 692 g/mol. The fraction of sp³-hybridized carbons (Fsp3) is 0.537. The van der Waals surface area contributed by atoms with Gasteiger partial charge in [-0.25, -0.2) is 0 Å². The molecule has 0 amide bonds. The number of unbranched alkanes of at least 4 members (excludes halogenated alkanes) is 1. The standard InChI is InChI=1S/C28H50N8.C7H8.C4H10.C2H5N/c1-22(20-29)35-27(19-24-11-5-4-6-12-24)23(2)34-21-25(13-7-9-15-32-3)26-14-8-10-17-36(28(30)31)18-16-33-26;1-7-5-3-2-4-6-7;1-4(2)3;1-2-3/h4-6,11-12,25-27,32-35H,1-2,7-10,13-21,29H2,3H3,(H3,30,31);2-6H,1H3;4H,1-3H3;2H,1,3H2. The van der Waals surface area contributed by atoms with Gasteiger partial charge in [-0.05, 0) is 76.2 Å². The normalized spacial score (nSPS) is 15.3. The van der Waals surface area contributed by atoms with Gasteiger partial charge in [0, 0.05) is 50.2 Å². The van der Waals surface area contributed by atoms with Gasteiger partial charge in [-0.2, -0.15) is 0 Å². The van der Waals surface area contributed by atoms with Crippen LogP contribution >= 0.6 is 0 Å². The third-order valence-corrected chi connectivity index (χ3v) is 8.00. The molecule has 2 aromatic rings. The number of rotatable bonds is 15. The summed E-state index contributed by atoms with van der Waals surface area (Å²) in [6.45, 7) is 25.0. The molecule has 0 radical (unpaired) electrons. The van der Waals surface area contributed by atoms with Crippen molar-refractivity contribution >= 4 is 5.96 Å². The van der Waals surface area contributed by atoms with Gasteiger partial charge in [-0.3, -0.25) is 5.41 Å². The molecule has 1 aliphatic heterocycles. The molecule has 9 nitrogen and oxygen atoms in total. The van der Waals surface area contributed by atoms with E-state index in [2.05, 4.69) is 111 Å². The van der Waals surface area contributed by atoms with Gasteiger partial charge in [0.1, 0.15) is 0 Å². The molecule has 3 rings (SSSR count). The Labute approximate surface area is 306 Å². The average molecular weight is 692 g/mol. The summed E-state index contributed by atoms with van der Waals surface area (Å²) in [7, 11) is 2.01. The summed E-state index contributed by atoms with van der Waals surface area (Å²) in [5, 5.41) is 22.0. The van der Waals surface area contributed by atoms with Crippen LogP contribution in [-0.4, -0.2) is 69.3 Å². The van der Waals surface area contributed by atoms with Crippen molar-refractivity contribution in [3.63, 3.8) is 0 Å². The van der Waals surface area contributed by atoms with Gasteiger partial charge in [0.05, 0.1) is 6.04 Å². The van der Waals surface area contributed by atoms with Crippen molar-refractivity contribution < 1.29 is 0 Å². The predicted molar refractivity (Wildman–Crippen MR) is 219 cm³/mol. The Balaban J connectivity index is 0.00000143. The van der Waals surface area contributed by atoms with E-state index in [0.29, 0.717) is 18.5 Å². The number of hydrogen-bond donors (Lipinski definition) is 8. The van der Waals surface area contributed by atoms with E-state index in [1.165, 1.54) is 30.2 Å². The Hall–Kier alpha value is -3.79. The first-order chi connectivity index (χ1) is 24.0. The van der Waals surface area contributed by atoms with Gasteiger partial charge in [0.15, 0.2) is 5.96 Å². The SMILES string of the molecule is C=C(CN)NC(Cc1ccccc1)C(=C)NCC(CCCCNC)C1CCCCN(C(=N)N)CCN1.C=CN.CC(C)C.Cc1ccccc1. The maximum absolute atomic E-state index is 7.82. The molecule has 11 N–H and O–H groups in total. The second kappa shape index (κ2) is 30.1. The lowest BCUT2D eigenvalue weighted by Gasteiger charge is -2.31. The Morgan fingerprint density at radius 2 is 1.62 bits per heavy atom. The highest BCUT2D eigenvalue weighted by molar-refractivity contribution is 5.74. The quantitative estimate of drug-likeness (QED) is 0.0658. The van der Waals surface area contributed by atoms with Crippen LogP contribution in [0.15, 0.2) is 98.0 Å². The van der Waals surface area contributed by atoms with Crippen molar-refractivity contribution in [3.8, 4) is 0 Å². The summed E-state index contributed by atoms with van der Waals surface area (Å²) >= 11 is 0. The van der Waals surface area contributed by atoms with Gasteiger partial charge in [0.2, 0.25) is 0 Å². The third-order valence-electron chi connectivity index (χ3n) is 8.00. The highest BCUT2D eigenvalue weighted by Crippen LogP contribution is 2.20. The molecular weight excluding hydrogens is 619 g/mol. The Bertz CT molecular complexity index is 1130. The van der Waals surface area contributed by atoms with Crippen LogP contribution in [-0.2, 0) is 6.42 Å². The van der Waals surface area contributed by atoms with Crippen molar-refractivity contribution in [2.75, 3.05) is 46.3 Å². The van der Waals surface area contributed by atoms with E-state index in [-0.39, 0.29) is 12.0 Å². The summed E-state index contributed by atoms with van der Waals surface area (Å²) in [4.78, 5) is 1.97. The molecule has 50 heavy (non-hydrogen) atoms. The molecular formula is C41H73N9. The highest BCUT2D eigenvalue weighted by atomic mass is 15.2. The van der Waals surface area contributed by atoms with Crippen LogP contribution in [0.1, 0.15) is 70.4 Å². The molecule has 1 saturated heterocycles. The number of nitrogens with one attached hydrogen (secondary N) is 5. The summed E-state index contributed by atoms with van der Waals surface area (Å²) in [6, 6.07) is 21.2. The van der Waals surface area contributed by atoms with Crippen molar-refractivity contribution in [1.82, 2.24) is 26.2 Å². The van der Waals surface area contributed by atoms with Crippen LogP contribution in [0.5, 0.6) is 0 Å². The molecule has 9 heteroatoms. The minimum absolute atomic E-state index is 0.0195. The maximum Gasteiger partial charge on any atom is 0.188 e. The van der Waals surface area contributed by atoms with Crippen molar-refractivity contribution in [3.05, 3.63) is 109 Å². The second-order valence-electron chi connectivity index (χ2n) is 13.5. The molecule has 0 aliphatic carbocycles. The van der Waals surface area contributed by atoms with E-state index in [1.807, 2.05) is 36.2 Å². The molecule has 1 heterocycles. The molecule has 282 valence electrons. The van der Waals surface area contributed by atoms with E-state index in [1.54, 1.807) is 0 Å². The minimum atomic E-state index is 0.0195. The molecule has 3 unspecified atom stereocenters. The van der Waals surface area contributed by atoms with Gasteiger partial charge < -0.3 is 43.4 Å². The van der Waals surface area contributed by atoms with Crippen molar-refractivity contribution in [2.24, 2.45) is 29.0 Å². The number of guanidine groups is 1. The molecule has 1 aliphatic rings. The Morgan fingerprint density at radius 3 is 2.14 bits per heavy atom. The van der Waals surface area contributed by atoms with Crippen LogP contribution in [0, 0.1) is 24.2 Å². The first-order valence-corrected chi connectivity index (χ1v) is 18.4. The molecule has 0 aromatic heterocycles. The summed E-state index contributed by atoms with van der Waals surface area (Å²) in [5.74, 6) is 1.49. The maximum atomic E-state index is 7.82. The lowest BCUT2D eigenvalue weighted by Crippen LogP contribution is -2.46. The Kier molecular flexibility index (Phi) is 27.8. The zero-order valence-electron chi connectivity index (χ0n) is 32.2. The predicted octanol–water partition coefficient (Wildman–Crippen LogP) is 5.85. The van der Waals surface area contributed by atoms with Crippen LogP contribution < -0.4 is 38.5 Å². The van der Waals surface area contributed by atoms with Crippen LogP contribution in [0.4, 0.5) is 0 Å². The largest absolute Gasteiger partial charge is 0.405 e. The van der Waals surface area contributed by atoms with Crippen LogP contribution in [0.25, 0.3) is 0 Å². The molecule has 1 fully saturated rings. The molecule has 0 bridgehead atoms. The molecule has 0 saturated carbocycles. The number of hydrogen-bond acceptors (Lipinski definition) is 7. The van der Waals surface area contributed by atoms with E-state index in [9.17, 15) is 0 Å². The fourth-order valence-corrected chi connectivity index (χ4v) is 5.40. The summed E-state index contributed by atoms with van der Waals surface area (Å²) < 4.78 is 0. The van der Waals surface area contributed by atoms with E-state index < -0.39 is 0 Å². The minimum Gasteiger partial charge on any atom is -0.405 e. The van der Waals surface area contributed by atoms with E-state index >= 15 is 0 Å². The smallest absolute Gasteiger partial charge is 0.188 e. The second-order valence-corrected chi connectivity index (χ2v) is 13.5. The van der Waals surface area contributed by atoms with Crippen molar-refractivity contribution in [2.45, 2.75) is 84.7 Å². The summed E-state index contributed by atoms with van der Waals surface area (Å²) in [6.07, 6.45) is 8.91. The van der Waals surface area contributed by atoms with E-state index in [4.69, 9.17) is 16.9 Å². The first kappa shape index (κ1) is 46.2. The fourth-order valence-electron chi connectivity index (χ4n) is 5.40. The van der Waals surface area contributed by atoms with Gasteiger partial charge in [0.25, 0.3) is 0 Å². The summed E-state index contributed by atoms with van der Waals surface area (Å²) in [5.41, 5.74) is 20.6. The van der Waals surface area contributed by atoms with Crippen LogP contribution in [0.2, 0.25) is 0 Å². The number of benzene rings is 2. The van der Waals surface area contributed by atoms with Gasteiger partial charge in [-0.15, -0.1) is 0 Å². The first-order valence-electron chi connectivity index (χ1n) is 18.4. The number of nitrogens with two attached hydrogens (primary N) is 3. The van der Waals surface area contributed by atoms with E-state index in [0.717, 1.165) is 82.1 Å². The highest BCUT2D eigenvalue weighted by Gasteiger charge is 2.24. The third kappa shape index (κ3) is 24.4. The lowest BCUT2D eigenvalue weighted by atomic mass is 9.89. The molecule has 2 aromatic carbocycles. The Morgan fingerprint density at radius 1 is 1.02 bits per heavy atom. The number of nitrogens with zero attached hydrogens (tertiary/aromatic N) is 1.